The topological polar surface area (TPSA) is 98.5 Å². The SMILES string of the molecule is COC(=O)c1cccc(C(=O)N[C@H](Cc2cccc(Br)c2)C(N)=O)c1. The van der Waals surface area contributed by atoms with Gasteiger partial charge in [-0.25, -0.2) is 4.79 Å². The number of benzene rings is 2. The Balaban J connectivity index is 2.15. The average Bonchev–Trinajstić information content (AvgIpc) is 2.60. The lowest BCUT2D eigenvalue weighted by atomic mass is 10.0. The van der Waals surface area contributed by atoms with Gasteiger partial charge in [-0.15, -0.1) is 0 Å². The number of halogens is 1. The van der Waals surface area contributed by atoms with E-state index in [0.717, 1.165) is 10.0 Å². The standard InChI is InChI=1S/C18H17BrN2O4/c1-25-18(24)13-6-3-5-12(10-13)17(23)21-15(16(20)22)9-11-4-2-7-14(19)8-11/h2-8,10,15H,9H2,1H3,(H2,20,22)(H,21,23)/t15-/m1/s1. The molecule has 3 N–H and O–H groups in total. The smallest absolute Gasteiger partial charge is 0.337 e. The molecule has 2 amide bonds. The van der Waals surface area contributed by atoms with Crippen molar-refractivity contribution in [2.75, 3.05) is 7.11 Å². The van der Waals surface area contributed by atoms with Crippen LogP contribution in [0.2, 0.25) is 0 Å². The third kappa shape index (κ3) is 5.15. The van der Waals surface area contributed by atoms with Crippen molar-refractivity contribution in [1.82, 2.24) is 5.32 Å². The summed E-state index contributed by atoms with van der Waals surface area (Å²) in [4.78, 5) is 35.7. The largest absolute Gasteiger partial charge is 0.465 e. The van der Waals surface area contributed by atoms with Crippen LogP contribution in [0.15, 0.2) is 53.0 Å². The monoisotopic (exact) mass is 404 g/mol. The molecule has 2 aromatic rings. The lowest BCUT2D eigenvalue weighted by molar-refractivity contribution is -0.119. The number of nitrogens with two attached hydrogens (primary N) is 1. The molecule has 6 nitrogen and oxygen atoms in total. The number of rotatable bonds is 6. The van der Waals surface area contributed by atoms with Gasteiger partial charge in [-0.2, -0.15) is 0 Å². The molecule has 0 fully saturated rings. The molecule has 2 rings (SSSR count). The van der Waals surface area contributed by atoms with Gasteiger partial charge in [-0.05, 0) is 35.9 Å². The Labute approximate surface area is 153 Å². The maximum Gasteiger partial charge on any atom is 0.337 e. The van der Waals surface area contributed by atoms with Crippen LogP contribution in [-0.2, 0) is 16.0 Å². The Kier molecular flexibility index (Phi) is 6.30. The summed E-state index contributed by atoms with van der Waals surface area (Å²) < 4.78 is 5.50. The maximum absolute atomic E-state index is 12.4. The van der Waals surface area contributed by atoms with Crippen LogP contribution in [0.4, 0.5) is 0 Å². The molecule has 0 aliphatic carbocycles. The summed E-state index contributed by atoms with van der Waals surface area (Å²) in [6.45, 7) is 0. The summed E-state index contributed by atoms with van der Waals surface area (Å²) in [5.41, 5.74) is 6.75. The molecule has 0 saturated heterocycles. The van der Waals surface area contributed by atoms with E-state index in [1.807, 2.05) is 24.3 Å². The van der Waals surface area contributed by atoms with Crippen LogP contribution in [0, 0.1) is 0 Å². The Morgan fingerprint density at radius 1 is 1.12 bits per heavy atom. The third-order valence-corrected chi connectivity index (χ3v) is 4.02. The molecule has 1 atom stereocenters. The van der Waals surface area contributed by atoms with Gasteiger partial charge in [0.05, 0.1) is 12.7 Å². The number of ether oxygens (including phenoxy) is 1. The van der Waals surface area contributed by atoms with Crippen LogP contribution in [0.3, 0.4) is 0 Å². The molecular weight excluding hydrogens is 388 g/mol. The first-order chi connectivity index (χ1) is 11.9. The van der Waals surface area contributed by atoms with E-state index < -0.39 is 23.8 Å². The Bertz CT molecular complexity index is 807. The number of hydrogen-bond donors (Lipinski definition) is 2. The van der Waals surface area contributed by atoms with Gasteiger partial charge >= 0.3 is 5.97 Å². The minimum absolute atomic E-state index is 0.239. The lowest BCUT2D eigenvalue weighted by Gasteiger charge is -2.16. The maximum atomic E-state index is 12.4. The number of methoxy groups -OCH3 is 1. The average molecular weight is 405 g/mol. The first-order valence-electron chi connectivity index (χ1n) is 7.43. The normalized spacial score (nSPS) is 11.4. The highest BCUT2D eigenvalue weighted by atomic mass is 79.9. The van der Waals surface area contributed by atoms with Crippen molar-refractivity contribution in [2.24, 2.45) is 5.73 Å². The number of carbonyl (C=O) groups is 3. The number of hydrogen-bond acceptors (Lipinski definition) is 4. The molecule has 0 aromatic heterocycles. The summed E-state index contributed by atoms with van der Waals surface area (Å²) in [6.07, 6.45) is 0.261. The summed E-state index contributed by atoms with van der Waals surface area (Å²) in [7, 11) is 1.26. The molecule has 130 valence electrons. The van der Waals surface area contributed by atoms with Crippen molar-refractivity contribution in [3.05, 3.63) is 69.7 Å². The second-order valence-electron chi connectivity index (χ2n) is 5.33. The van der Waals surface area contributed by atoms with Gasteiger partial charge in [0, 0.05) is 16.5 Å². The van der Waals surface area contributed by atoms with E-state index in [4.69, 9.17) is 5.73 Å². The number of carbonyl (C=O) groups excluding carboxylic acids is 3. The van der Waals surface area contributed by atoms with Crippen molar-refractivity contribution in [3.63, 3.8) is 0 Å². The van der Waals surface area contributed by atoms with Gasteiger partial charge < -0.3 is 15.8 Å². The molecule has 0 heterocycles. The predicted octanol–water partition coefficient (Wildman–Crippen LogP) is 2.06. The molecular formula is C18H17BrN2O4. The summed E-state index contributed by atoms with van der Waals surface area (Å²) in [5.74, 6) is -1.68. The summed E-state index contributed by atoms with van der Waals surface area (Å²) in [5, 5.41) is 2.60. The quantitative estimate of drug-likeness (QED) is 0.719. The molecule has 2 aromatic carbocycles. The molecule has 0 aliphatic heterocycles. The Morgan fingerprint density at radius 3 is 2.44 bits per heavy atom. The van der Waals surface area contributed by atoms with Crippen LogP contribution in [0.25, 0.3) is 0 Å². The predicted molar refractivity (Wildman–Crippen MR) is 96.1 cm³/mol. The minimum Gasteiger partial charge on any atom is -0.465 e. The minimum atomic E-state index is -0.872. The Morgan fingerprint density at radius 2 is 1.80 bits per heavy atom. The van der Waals surface area contributed by atoms with Crippen molar-refractivity contribution in [1.29, 1.82) is 0 Å². The number of primary amides is 1. The zero-order valence-electron chi connectivity index (χ0n) is 13.5. The first kappa shape index (κ1) is 18.7. The molecule has 25 heavy (non-hydrogen) atoms. The van der Waals surface area contributed by atoms with E-state index in [2.05, 4.69) is 26.0 Å². The molecule has 0 bridgehead atoms. The second kappa shape index (κ2) is 8.43. The zero-order valence-corrected chi connectivity index (χ0v) is 15.1. The fourth-order valence-corrected chi connectivity index (χ4v) is 2.72. The number of esters is 1. The summed E-state index contributed by atoms with van der Waals surface area (Å²) >= 11 is 3.36. The van der Waals surface area contributed by atoms with Crippen molar-refractivity contribution >= 4 is 33.7 Å². The highest BCUT2D eigenvalue weighted by molar-refractivity contribution is 9.10. The van der Waals surface area contributed by atoms with Gasteiger partial charge in [0.15, 0.2) is 0 Å². The van der Waals surface area contributed by atoms with Crippen LogP contribution < -0.4 is 11.1 Å². The highest BCUT2D eigenvalue weighted by Crippen LogP contribution is 2.14. The van der Waals surface area contributed by atoms with E-state index >= 15 is 0 Å². The molecule has 0 radical (unpaired) electrons. The fourth-order valence-electron chi connectivity index (χ4n) is 2.27. The van der Waals surface area contributed by atoms with Crippen molar-refractivity contribution in [2.45, 2.75) is 12.5 Å². The second-order valence-corrected chi connectivity index (χ2v) is 6.25. The van der Waals surface area contributed by atoms with Crippen LogP contribution >= 0.6 is 15.9 Å². The molecule has 7 heteroatoms. The van der Waals surface area contributed by atoms with Gasteiger partial charge in [0.1, 0.15) is 6.04 Å². The zero-order chi connectivity index (χ0) is 18.4. The molecule has 0 aliphatic rings. The van der Waals surface area contributed by atoms with Gasteiger partial charge in [-0.3, -0.25) is 9.59 Å². The summed E-state index contributed by atoms with van der Waals surface area (Å²) in [6, 6.07) is 12.6. The molecule has 0 saturated carbocycles. The van der Waals surface area contributed by atoms with Crippen molar-refractivity contribution < 1.29 is 19.1 Å². The first-order valence-corrected chi connectivity index (χ1v) is 8.23. The van der Waals surface area contributed by atoms with E-state index in [9.17, 15) is 14.4 Å². The van der Waals surface area contributed by atoms with Gasteiger partial charge in [0.2, 0.25) is 5.91 Å². The van der Waals surface area contributed by atoms with E-state index in [1.165, 1.54) is 19.2 Å². The van der Waals surface area contributed by atoms with Gasteiger partial charge in [-0.1, -0.05) is 34.1 Å². The third-order valence-electron chi connectivity index (χ3n) is 3.52. The fraction of sp³-hybridized carbons (Fsp3) is 0.167. The van der Waals surface area contributed by atoms with Crippen LogP contribution in [0.1, 0.15) is 26.3 Å². The van der Waals surface area contributed by atoms with E-state index in [1.54, 1.807) is 12.1 Å². The molecule has 0 spiro atoms. The molecule has 0 unspecified atom stereocenters. The number of amides is 2. The lowest BCUT2D eigenvalue weighted by Crippen LogP contribution is -2.45. The van der Waals surface area contributed by atoms with E-state index in [-0.39, 0.29) is 17.5 Å². The van der Waals surface area contributed by atoms with Crippen LogP contribution in [0.5, 0.6) is 0 Å². The van der Waals surface area contributed by atoms with Gasteiger partial charge in [0.25, 0.3) is 5.91 Å². The highest BCUT2D eigenvalue weighted by Gasteiger charge is 2.20. The van der Waals surface area contributed by atoms with Crippen molar-refractivity contribution in [3.8, 4) is 0 Å². The Hall–Kier alpha value is -2.67. The van der Waals surface area contributed by atoms with E-state index in [0.29, 0.717) is 0 Å². The van der Waals surface area contributed by atoms with Crippen LogP contribution in [-0.4, -0.2) is 30.9 Å². The number of nitrogens with one attached hydrogen (secondary N) is 1.